The van der Waals surface area contributed by atoms with Crippen LogP contribution in [0.2, 0.25) is 0 Å². The Labute approximate surface area is 125 Å². The molecule has 2 aliphatic heterocycles. The van der Waals surface area contributed by atoms with Gasteiger partial charge in [-0.1, -0.05) is 0 Å². The van der Waals surface area contributed by atoms with Crippen molar-refractivity contribution in [1.29, 1.82) is 0 Å². The first-order chi connectivity index (χ1) is 10.3. The number of hydrogen-bond acceptors (Lipinski definition) is 4. The maximum Gasteiger partial charge on any atom is 0.254 e. The van der Waals surface area contributed by atoms with Crippen molar-refractivity contribution >= 4 is 5.91 Å². The summed E-state index contributed by atoms with van der Waals surface area (Å²) in [6.07, 6.45) is 4.12. The van der Waals surface area contributed by atoms with Gasteiger partial charge in [-0.15, -0.1) is 0 Å². The van der Waals surface area contributed by atoms with E-state index in [-0.39, 0.29) is 5.91 Å². The molecule has 114 valence electrons. The first-order valence-corrected chi connectivity index (χ1v) is 7.70. The van der Waals surface area contributed by atoms with Gasteiger partial charge in [-0.25, -0.2) is 0 Å². The molecule has 1 unspecified atom stereocenters. The Morgan fingerprint density at radius 3 is 2.90 bits per heavy atom. The lowest BCUT2D eigenvalue weighted by atomic mass is 10.1. The van der Waals surface area contributed by atoms with Gasteiger partial charge in [0.25, 0.3) is 5.91 Å². The van der Waals surface area contributed by atoms with E-state index in [0.717, 1.165) is 38.0 Å². The van der Waals surface area contributed by atoms with Gasteiger partial charge >= 0.3 is 0 Å². The predicted molar refractivity (Wildman–Crippen MR) is 79.8 cm³/mol. The van der Waals surface area contributed by atoms with E-state index in [4.69, 9.17) is 15.2 Å². The van der Waals surface area contributed by atoms with Crippen LogP contribution in [0.25, 0.3) is 0 Å². The molecule has 0 bridgehead atoms. The third-order valence-electron chi connectivity index (χ3n) is 4.17. The van der Waals surface area contributed by atoms with Crippen molar-refractivity contribution in [3.63, 3.8) is 0 Å². The number of likely N-dealkylation sites (tertiary alicyclic amines) is 1. The summed E-state index contributed by atoms with van der Waals surface area (Å²) in [6, 6.07) is 5.78. The second kappa shape index (κ2) is 6.35. The first-order valence-electron chi connectivity index (χ1n) is 7.70. The Balaban J connectivity index is 1.75. The highest BCUT2D eigenvalue weighted by molar-refractivity contribution is 5.95. The van der Waals surface area contributed by atoms with Gasteiger partial charge in [0.05, 0.1) is 0 Å². The van der Waals surface area contributed by atoms with Crippen LogP contribution in [0.4, 0.5) is 0 Å². The van der Waals surface area contributed by atoms with Crippen LogP contribution in [0.5, 0.6) is 11.5 Å². The van der Waals surface area contributed by atoms with Crippen molar-refractivity contribution in [1.82, 2.24) is 4.90 Å². The number of hydrogen-bond donors (Lipinski definition) is 1. The average molecular weight is 290 g/mol. The van der Waals surface area contributed by atoms with Gasteiger partial charge < -0.3 is 20.1 Å². The molecule has 1 aromatic rings. The van der Waals surface area contributed by atoms with Crippen LogP contribution in [0.3, 0.4) is 0 Å². The van der Waals surface area contributed by atoms with Gasteiger partial charge in [-0.3, -0.25) is 4.79 Å². The maximum absolute atomic E-state index is 12.7. The fraction of sp³-hybridized carbons (Fsp3) is 0.562. The minimum absolute atomic E-state index is 0.0893. The molecule has 0 aliphatic carbocycles. The molecule has 0 saturated carbocycles. The highest BCUT2D eigenvalue weighted by Gasteiger charge is 2.29. The number of nitrogens with two attached hydrogens (primary N) is 1. The normalized spacial score (nSPS) is 20.6. The molecule has 0 spiro atoms. The molecular weight excluding hydrogens is 268 g/mol. The molecule has 1 aromatic carbocycles. The van der Waals surface area contributed by atoms with Crippen LogP contribution in [0.1, 0.15) is 36.0 Å². The van der Waals surface area contributed by atoms with Crippen molar-refractivity contribution in [2.75, 3.05) is 26.3 Å². The molecule has 1 amide bonds. The Morgan fingerprint density at radius 1 is 1.29 bits per heavy atom. The minimum Gasteiger partial charge on any atom is -0.486 e. The molecule has 0 radical (unpaired) electrons. The summed E-state index contributed by atoms with van der Waals surface area (Å²) in [4.78, 5) is 14.7. The Kier molecular flexibility index (Phi) is 4.29. The molecule has 2 heterocycles. The molecule has 3 rings (SSSR count). The van der Waals surface area contributed by atoms with Crippen LogP contribution in [-0.2, 0) is 0 Å². The number of rotatable bonds is 4. The van der Waals surface area contributed by atoms with E-state index in [1.807, 2.05) is 17.0 Å². The molecule has 1 fully saturated rings. The number of fused-ring (bicyclic) bond motifs is 1. The van der Waals surface area contributed by atoms with E-state index in [0.29, 0.717) is 37.1 Å². The standard InChI is InChI=1S/C16H22N2O3/c17-7-1-3-13-4-2-8-18(13)16(19)12-5-6-14-15(11-12)21-10-9-20-14/h5-6,11,13H,1-4,7-10,17H2. The topological polar surface area (TPSA) is 64.8 Å². The molecule has 1 saturated heterocycles. The molecule has 5 heteroatoms. The van der Waals surface area contributed by atoms with E-state index in [1.54, 1.807) is 6.07 Å². The summed E-state index contributed by atoms with van der Waals surface area (Å²) < 4.78 is 11.1. The number of ether oxygens (including phenoxy) is 2. The molecule has 5 nitrogen and oxygen atoms in total. The number of carbonyl (C=O) groups is 1. The van der Waals surface area contributed by atoms with Crippen molar-refractivity contribution in [3.8, 4) is 11.5 Å². The van der Waals surface area contributed by atoms with Gasteiger partial charge in [0.1, 0.15) is 13.2 Å². The maximum atomic E-state index is 12.7. The second-order valence-electron chi connectivity index (χ2n) is 5.58. The van der Waals surface area contributed by atoms with E-state index in [9.17, 15) is 4.79 Å². The summed E-state index contributed by atoms with van der Waals surface area (Å²) in [7, 11) is 0. The third kappa shape index (κ3) is 2.97. The van der Waals surface area contributed by atoms with E-state index in [2.05, 4.69) is 0 Å². The highest BCUT2D eigenvalue weighted by atomic mass is 16.6. The summed E-state index contributed by atoms with van der Waals surface area (Å²) in [6.45, 7) is 2.62. The van der Waals surface area contributed by atoms with Gasteiger partial charge in [0, 0.05) is 18.2 Å². The summed E-state index contributed by atoms with van der Waals surface area (Å²) in [5.41, 5.74) is 6.26. The second-order valence-corrected chi connectivity index (χ2v) is 5.58. The smallest absolute Gasteiger partial charge is 0.254 e. The van der Waals surface area contributed by atoms with E-state index >= 15 is 0 Å². The van der Waals surface area contributed by atoms with Crippen LogP contribution in [0.15, 0.2) is 18.2 Å². The molecule has 2 N–H and O–H groups in total. The fourth-order valence-electron chi connectivity index (χ4n) is 3.10. The highest BCUT2D eigenvalue weighted by Crippen LogP contribution is 2.32. The van der Waals surface area contributed by atoms with E-state index < -0.39 is 0 Å². The van der Waals surface area contributed by atoms with Gasteiger partial charge in [-0.2, -0.15) is 0 Å². The Hall–Kier alpha value is -1.75. The molecule has 1 atom stereocenters. The average Bonchev–Trinajstić information content (AvgIpc) is 3.00. The summed E-state index contributed by atoms with van der Waals surface area (Å²) >= 11 is 0. The Morgan fingerprint density at radius 2 is 2.10 bits per heavy atom. The molecule has 21 heavy (non-hydrogen) atoms. The lowest BCUT2D eigenvalue weighted by Crippen LogP contribution is -2.35. The monoisotopic (exact) mass is 290 g/mol. The molecule has 0 aromatic heterocycles. The zero-order valence-corrected chi connectivity index (χ0v) is 12.2. The SMILES string of the molecule is NCCCC1CCCN1C(=O)c1ccc2c(c1)OCCO2. The minimum atomic E-state index is 0.0893. The summed E-state index contributed by atoms with van der Waals surface area (Å²) in [5.74, 6) is 1.48. The lowest BCUT2D eigenvalue weighted by Gasteiger charge is -2.25. The fourth-order valence-corrected chi connectivity index (χ4v) is 3.10. The number of carbonyl (C=O) groups excluding carboxylic acids is 1. The van der Waals surface area contributed by atoms with Crippen molar-refractivity contribution in [2.45, 2.75) is 31.7 Å². The van der Waals surface area contributed by atoms with Gasteiger partial charge in [0.2, 0.25) is 0 Å². The Bertz CT molecular complexity index is 518. The van der Waals surface area contributed by atoms with Crippen LogP contribution in [-0.4, -0.2) is 43.2 Å². The van der Waals surface area contributed by atoms with Crippen LogP contribution < -0.4 is 15.2 Å². The first kappa shape index (κ1) is 14.2. The van der Waals surface area contributed by atoms with Crippen molar-refractivity contribution < 1.29 is 14.3 Å². The number of amides is 1. The largest absolute Gasteiger partial charge is 0.486 e. The van der Waals surface area contributed by atoms with Crippen LogP contribution in [0, 0.1) is 0 Å². The lowest BCUT2D eigenvalue weighted by molar-refractivity contribution is 0.0728. The zero-order chi connectivity index (χ0) is 14.7. The van der Waals surface area contributed by atoms with Crippen LogP contribution >= 0.6 is 0 Å². The van der Waals surface area contributed by atoms with E-state index in [1.165, 1.54) is 0 Å². The van der Waals surface area contributed by atoms with Crippen molar-refractivity contribution in [2.24, 2.45) is 5.73 Å². The summed E-state index contributed by atoms with van der Waals surface area (Å²) in [5, 5.41) is 0. The molecule has 2 aliphatic rings. The number of benzene rings is 1. The molecular formula is C16H22N2O3. The number of nitrogens with zero attached hydrogens (tertiary/aromatic N) is 1. The third-order valence-corrected chi connectivity index (χ3v) is 4.17. The van der Waals surface area contributed by atoms with Crippen molar-refractivity contribution in [3.05, 3.63) is 23.8 Å². The van der Waals surface area contributed by atoms with Gasteiger partial charge in [-0.05, 0) is 50.4 Å². The zero-order valence-electron chi connectivity index (χ0n) is 12.2. The predicted octanol–water partition coefficient (Wildman–Crippen LogP) is 1.80. The van der Waals surface area contributed by atoms with Gasteiger partial charge in [0.15, 0.2) is 11.5 Å². The quantitative estimate of drug-likeness (QED) is 0.918.